The second-order valence-corrected chi connectivity index (χ2v) is 6.22. The number of pyridine rings is 1. The lowest BCUT2D eigenvalue weighted by molar-refractivity contribution is -0.133. The van der Waals surface area contributed by atoms with Gasteiger partial charge in [0.15, 0.2) is 5.82 Å². The Bertz CT molecular complexity index is 911. The Hall–Kier alpha value is -2.76. The van der Waals surface area contributed by atoms with Crippen molar-refractivity contribution >= 4 is 16.7 Å². The zero-order valence-electron chi connectivity index (χ0n) is 13.8. The number of hydrogen-bond acceptors (Lipinski definition) is 4. The first-order valence-electron chi connectivity index (χ1n) is 8.16. The van der Waals surface area contributed by atoms with Gasteiger partial charge in [0, 0.05) is 30.9 Å². The van der Waals surface area contributed by atoms with Crippen LogP contribution in [-0.4, -0.2) is 37.1 Å². The molecule has 4 rings (SSSR count). The summed E-state index contributed by atoms with van der Waals surface area (Å²) in [7, 11) is 0. The number of rotatable bonds is 2. The Morgan fingerprint density at radius 1 is 1.21 bits per heavy atom. The van der Waals surface area contributed by atoms with E-state index < -0.39 is 0 Å². The maximum Gasteiger partial charge on any atom is 0.227 e. The Balaban J connectivity index is 1.60. The van der Waals surface area contributed by atoms with Gasteiger partial charge in [0.2, 0.25) is 5.91 Å². The molecule has 24 heavy (non-hydrogen) atoms. The Morgan fingerprint density at radius 2 is 2.04 bits per heavy atom. The zero-order valence-corrected chi connectivity index (χ0v) is 13.8. The second kappa shape index (κ2) is 5.70. The molecule has 2 aromatic heterocycles. The molecule has 0 bridgehead atoms. The van der Waals surface area contributed by atoms with Crippen LogP contribution in [0.15, 0.2) is 36.7 Å². The molecule has 1 aromatic carbocycles. The fourth-order valence-electron chi connectivity index (χ4n) is 3.45. The summed E-state index contributed by atoms with van der Waals surface area (Å²) in [5.41, 5.74) is 0.966. The number of benzene rings is 1. The van der Waals surface area contributed by atoms with Gasteiger partial charge in [-0.15, -0.1) is 10.2 Å². The van der Waals surface area contributed by atoms with Crippen LogP contribution in [0.3, 0.4) is 0 Å². The lowest BCUT2D eigenvalue weighted by Gasteiger charge is -2.33. The van der Waals surface area contributed by atoms with Crippen molar-refractivity contribution in [3.8, 4) is 0 Å². The average molecular weight is 321 g/mol. The van der Waals surface area contributed by atoms with Crippen molar-refractivity contribution in [1.82, 2.24) is 24.6 Å². The zero-order chi connectivity index (χ0) is 16.7. The van der Waals surface area contributed by atoms with Crippen molar-refractivity contribution in [2.45, 2.75) is 32.9 Å². The van der Waals surface area contributed by atoms with E-state index in [1.165, 1.54) is 0 Å². The molecule has 0 aliphatic carbocycles. The minimum Gasteiger partial charge on any atom is -0.331 e. The molecule has 0 radical (unpaired) electrons. The van der Waals surface area contributed by atoms with Gasteiger partial charge in [0.25, 0.3) is 0 Å². The van der Waals surface area contributed by atoms with Crippen molar-refractivity contribution < 1.29 is 4.79 Å². The predicted octanol–water partition coefficient (Wildman–Crippen LogP) is 2.28. The van der Waals surface area contributed by atoms with Crippen LogP contribution in [0.1, 0.15) is 30.2 Å². The highest BCUT2D eigenvalue weighted by atomic mass is 16.2. The van der Waals surface area contributed by atoms with E-state index in [1.807, 2.05) is 49.2 Å². The second-order valence-electron chi connectivity index (χ2n) is 6.22. The van der Waals surface area contributed by atoms with Crippen LogP contribution < -0.4 is 0 Å². The Morgan fingerprint density at radius 3 is 2.92 bits per heavy atom. The number of nitrogens with zero attached hydrogens (tertiary/aromatic N) is 5. The number of carbonyl (C=O) groups is 1. The van der Waals surface area contributed by atoms with E-state index in [2.05, 4.69) is 19.7 Å². The number of aromatic nitrogens is 4. The van der Waals surface area contributed by atoms with Crippen LogP contribution in [0.25, 0.3) is 10.8 Å². The first kappa shape index (κ1) is 14.8. The maximum absolute atomic E-state index is 12.9. The van der Waals surface area contributed by atoms with Crippen LogP contribution in [-0.2, 0) is 17.8 Å². The third-order valence-corrected chi connectivity index (χ3v) is 4.78. The molecule has 1 atom stereocenters. The average Bonchev–Trinajstić information content (AvgIpc) is 2.97. The fraction of sp³-hybridized carbons (Fsp3) is 0.333. The Labute approximate surface area is 140 Å². The third kappa shape index (κ3) is 2.35. The molecule has 1 aliphatic heterocycles. The normalized spacial score (nSPS) is 17.1. The summed E-state index contributed by atoms with van der Waals surface area (Å²) in [4.78, 5) is 19.0. The predicted molar refractivity (Wildman–Crippen MR) is 90.3 cm³/mol. The molecule has 0 saturated heterocycles. The van der Waals surface area contributed by atoms with E-state index in [-0.39, 0.29) is 11.9 Å². The summed E-state index contributed by atoms with van der Waals surface area (Å²) in [6.07, 6.45) is 3.98. The molecule has 1 amide bonds. The van der Waals surface area contributed by atoms with Crippen molar-refractivity contribution in [1.29, 1.82) is 0 Å². The molecule has 1 unspecified atom stereocenters. The van der Waals surface area contributed by atoms with Gasteiger partial charge in [0.05, 0.1) is 12.5 Å². The summed E-state index contributed by atoms with van der Waals surface area (Å²) in [5.74, 6) is 1.87. The molecule has 3 aromatic rings. The number of amides is 1. The minimum absolute atomic E-state index is 0.0598. The van der Waals surface area contributed by atoms with E-state index in [4.69, 9.17) is 0 Å². The molecule has 1 aliphatic rings. The van der Waals surface area contributed by atoms with E-state index in [1.54, 1.807) is 6.20 Å². The smallest absolute Gasteiger partial charge is 0.227 e. The molecule has 6 nitrogen and oxygen atoms in total. The van der Waals surface area contributed by atoms with Gasteiger partial charge in [-0.05, 0) is 24.8 Å². The van der Waals surface area contributed by atoms with E-state index in [0.717, 1.165) is 34.5 Å². The SMILES string of the molecule is Cc1nnc2n1CCN(C(=O)Cc1cncc3ccccc13)C2C. The van der Waals surface area contributed by atoms with Gasteiger partial charge in [-0.2, -0.15) is 0 Å². The molecular weight excluding hydrogens is 302 g/mol. The van der Waals surface area contributed by atoms with Crippen LogP contribution in [0.2, 0.25) is 0 Å². The number of fused-ring (bicyclic) bond motifs is 2. The molecule has 0 N–H and O–H groups in total. The van der Waals surface area contributed by atoms with Crippen molar-refractivity contribution in [2.24, 2.45) is 0 Å². The van der Waals surface area contributed by atoms with Gasteiger partial charge in [-0.25, -0.2) is 0 Å². The molecule has 0 spiro atoms. The summed E-state index contributed by atoms with van der Waals surface area (Å²) >= 11 is 0. The molecule has 3 heterocycles. The van der Waals surface area contributed by atoms with Gasteiger partial charge >= 0.3 is 0 Å². The molecular formula is C18H19N5O. The number of carbonyl (C=O) groups excluding carboxylic acids is 1. The summed E-state index contributed by atoms with van der Waals surface area (Å²) in [5, 5.41) is 10.5. The number of aryl methyl sites for hydroxylation is 1. The lowest BCUT2D eigenvalue weighted by Crippen LogP contribution is -2.42. The fourth-order valence-corrected chi connectivity index (χ4v) is 3.45. The third-order valence-electron chi connectivity index (χ3n) is 4.78. The summed E-state index contributed by atoms with van der Waals surface area (Å²) in [6, 6.07) is 7.97. The van der Waals surface area contributed by atoms with Gasteiger partial charge in [-0.1, -0.05) is 24.3 Å². The monoisotopic (exact) mass is 321 g/mol. The summed E-state index contributed by atoms with van der Waals surface area (Å²) < 4.78 is 2.09. The molecule has 6 heteroatoms. The quantitative estimate of drug-likeness (QED) is 0.726. The largest absolute Gasteiger partial charge is 0.331 e. The lowest BCUT2D eigenvalue weighted by atomic mass is 10.0. The van der Waals surface area contributed by atoms with E-state index >= 15 is 0 Å². The summed E-state index contributed by atoms with van der Waals surface area (Å²) in [6.45, 7) is 5.39. The van der Waals surface area contributed by atoms with Crippen LogP contribution in [0.4, 0.5) is 0 Å². The van der Waals surface area contributed by atoms with Gasteiger partial charge in [-0.3, -0.25) is 9.78 Å². The number of hydrogen-bond donors (Lipinski definition) is 0. The first-order valence-corrected chi connectivity index (χ1v) is 8.16. The minimum atomic E-state index is -0.0598. The maximum atomic E-state index is 12.9. The molecule has 0 saturated carbocycles. The van der Waals surface area contributed by atoms with Crippen molar-refractivity contribution in [2.75, 3.05) is 6.54 Å². The van der Waals surface area contributed by atoms with Crippen LogP contribution in [0, 0.1) is 6.92 Å². The molecule has 0 fully saturated rings. The highest BCUT2D eigenvalue weighted by Gasteiger charge is 2.30. The highest BCUT2D eigenvalue weighted by molar-refractivity contribution is 5.89. The highest BCUT2D eigenvalue weighted by Crippen LogP contribution is 2.26. The Kier molecular flexibility index (Phi) is 3.52. The van der Waals surface area contributed by atoms with Gasteiger partial charge in [0.1, 0.15) is 5.82 Å². The van der Waals surface area contributed by atoms with E-state index in [0.29, 0.717) is 13.0 Å². The van der Waals surface area contributed by atoms with Crippen LogP contribution >= 0.6 is 0 Å². The first-order chi connectivity index (χ1) is 11.6. The molecule has 122 valence electrons. The van der Waals surface area contributed by atoms with Crippen molar-refractivity contribution in [3.05, 3.63) is 53.9 Å². The topological polar surface area (TPSA) is 63.9 Å². The van der Waals surface area contributed by atoms with Gasteiger partial charge < -0.3 is 9.47 Å². The standard InChI is InChI=1S/C18H19N5O/c1-12-18-21-20-13(2)23(18)8-7-22(12)17(24)9-15-11-19-10-14-5-3-4-6-16(14)15/h3-6,10-12H,7-9H2,1-2H3. The van der Waals surface area contributed by atoms with E-state index in [9.17, 15) is 4.79 Å². The van der Waals surface area contributed by atoms with Crippen LogP contribution in [0.5, 0.6) is 0 Å². The van der Waals surface area contributed by atoms with Crippen molar-refractivity contribution in [3.63, 3.8) is 0 Å².